The molecule has 0 aromatic rings. The van der Waals surface area contributed by atoms with E-state index in [1.807, 2.05) is 0 Å². The number of aliphatic hydroxyl groups is 3. The first-order valence-corrected chi connectivity index (χ1v) is 4.60. The van der Waals surface area contributed by atoms with Gasteiger partial charge in [-0.05, 0) is 20.8 Å². The molecule has 0 amide bonds. The van der Waals surface area contributed by atoms with Crippen molar-refractivity contribution in [2.45, 2.75) is 39.1 Å². The molecule has 3 unspecified atom stereocenters. The Morgan fingerprint density at radius 1 is 0.619 bits per heavy atom. The summed E-state index contributed by atoms with van der Waals surface area (Å²) in [7, 11) is 0. The molecule has 0 aromatic heterocycles. The Bertz CT molecular complexity index is 226. The number of carbonyl (C=O) groups excluding carboxylic acids is 3. The van der Waals surface area contributed by atoms with Gasteiger partial charge in [0.1, 0.15) is 0 Å². The number of hydrogen-bond donors (Lipinski definition) is 3. The van der Waals surface area contributed by atoms with Crippen LogP contribution in [0.5, 0.6) is 0 Å². The molecule has 0 rings (SSSR count). The molecule has 3 radical (unpaired) electrons. The van der Waals surface area contributed by atoms with Crippen molar-refractivity contribution in [1.82, 2.24) is 0 Å². The monoisotopic (exact) mass is 444 g/mol. The number of carboxylic acids is 3. The van der Waals surface area contributed by atoms with Crippen molar-refractivity contribution in [2.24, 2.45) is 0 Å². The Balaban J connectivity index is -0.0000000375. The number of carbonyl (C=O) groups is 3. The molecule has 0 aliphatic heterocycles. The van der Waals surface area contributed by atoms with E-state index in [9.17, 15) is 29.7 Å². The maximum atomic E-state index is 9.34. The minimum Gasteiger partial charge on any atom is -0.547 e. The first-order valence-electron chi connectivity index (χ1n) is 4.60. The average molecular weight is 444 g/mol. The molecule has 0 spiro atoms. The van der Waals surface area contributed by atoms with Gasteiger partial charge < -0.3 is 45.0 Å². The molecule has 0 saturated carbocycles. The van der Waals surface area contributed by atoms with Crippen LogP contribution >= 0.6 is 0 Å². The van der Waals surface area contributed by atoms with Crippen LogP contribution in [0.15, 0.2) is 0 Å². The second kappa shape index (κ2) is 22.1. The largest absolute Gasteiger partial charge is 2.00 e. The summed E-state index contributed by atoms with van der Waals surface area (Å²) in [4.78, 5) is 28.0. The second-order valence-electron chi connectivity index (χ2n) is 2.99. The molecule has 0 aromatic carbocycles. The maximum absolute atomic E-state index is 9.34. The van der Waals surface area contributed by atoms with Gasteiger partial charge in [-0.2, -0.15) is 0 Å². The van der Waals surface area contributed by atoms with Crippen molar-refractivity contribution in [3.05, 3.63) is 0 Å². The molecule has 0 aliphatic carbocycles. The zero-order valence-electron chi connectivity index (χ0n) is 11.0. The van der Waals surface area contributed by atoms with E-state index in [4.69, 9.17) is 15.3 Å². The minimum absolute atomic E-state index is 0. The molecular weight excluding hydrogens is 429 g/mol. The summed E-state index contributed by atoms with van der Waals surface area (Å²) < 4.78 is 0. The number of aliphatic hydroxyl groups excluding tert-OH is 3. The standard InChI is InChI=1S/3C3H6O3.3Co/c3*1-2(4)3(5)6;;;/h3*2,4H,1H3,(H,5,6);;;/q;;;3*+2/p-3. The van der Waals surface area contributed by atoms with E-state index in [-0.39, 0.29) is 50.3 Å². The fourth-order valence-electron chi connectivity index (χ4n) is 0. The summed E-state index contributed by atoms with van der Waals surface area (Å²) in [5.74, 6) is -4.31. The molecule has 0 fully saturated rings. The van der Waals surface area contributed by atoms with E-state index >= 15 is 0 Å². The van der Waals surface area contributed by atoms with Crippen LogP contribution in [0.1, 0.15) is 20.8 Å². The van der Waals surface area contributed by atoms with Gasteiger partial charge in [0.25, 0.3) is 0 Å². The molecular formula is C9H15Co3O9+3. The summed E-state index contributed by atoms with van der Waals surface area (Å²) >= 11 is 0. The fourth-order valence-corrected chi connectivity index (χ4v) is 0. The third-order valence-electron chi connectivity index (χ3n) is 1.02. The average Bonchev–Trinajstić information content (AvgIpc) is 2.18. The van der Waals surface area contributed by atoms with Crippen molar-refractivity contribution in [3.8, 4) is 0 Å². The van der Waals surface area contributed by atoms with Gasteiger partial charge in [0.05, 0.1) is 36.2 Å². The second-order valence-corrected chi connectivity index (χ2v) is 2.99. The number of hydrogen-bond acceptors (Lipinski definition) is 9. The summed E-state index contributed by atoms with van der Waals surface area (Å²) in [6, 6.07) is 0. The van der Waals surface area contributed by atoms with Crippen LogP contribution in [-0.2, 0) is 64.7 Å². The normalized spacial score (nSPS) is 11.7. The van der Waals surface area contributed by atoms with Gasteiger partial charge in [0, 0.05) is 0 Å². The summed E-state index contributed by atoms with van der Waals surface area (Å²) in [6.45, 7) is 3.40. The summed E-state index contributed by atoms with van der Waals surface area (Å²) in [5.41, 5.74) is 0. The van der Waals surface area contributed by atoms with Crippen molar-refractivity contribution >= 4 is 17.9 Å². The molecule has 0 saturated heterocycles. The summed E-state index contributed by atoms with van der Waals surface area (Å²) in [5, 5.41) is 51.9. The Labute approximate surface area is 152 Å². The molecule has 21 heavy (non-hydrogen) atoms. The molecule has 0 bridgehead atoms. The number of carboxylic acid groups (broad SMARTS) is 3. The Hall–Kier alpha value is -0.191. The molecule has 12 heteroatoms. The van der Waals surface area contributed by atoms with Crippen LogP contribution in [-0.4, -0.2) is 51.5 Å². The van der Waals surface area contributed by atoms with Crippen LogP contribution in [0.25, 0.3) is 0 Å². The first-order chi connectivity index (χ1) is 7.93. The van der Waals surface area contributed by atoms with Crippen LogP contribution in [0.4, 0.5) is 0 Å². The van der Waals surface area contributed by atoms with E-state index in [0.29, 0.717) is 0 Å². The number of rotatable bonds is 3. The van der Waals surface area contributed by atoms with E-state index < -0.39 is 36.2 Å². The van der Waals surface area contributed by atoms with Crippen molar-refractivity contribution in [2.75, 3.05) is 0 Å². The van der Waals surface area contributed by atoms with Gasteiger partial charge in [-0.15, -0.1) is 0 Å². The summed E-state index contributed by atoms with van der Waals surface area (Å²) in [6.07, 6.45) is -4.03. The van der Waals surface area contributed by atoms with E-state index in [2.05, 4.69) is 0 Å². The SMILES string of the molecule is CC(O)C(=O)[O-].CC(O)C(=O)[O-].CC(O)C(=O)[O-].[Co+2].[Co+2].[Co+2]. The Morgan fingerprint density at radius 2 is 0.667 bits per heavy atom. The molecule has 0 heterocycles. The maximum Gasteiger partial charge on any atom is 2.00 e. The van der Waals surface area contributed by atoms with Crippen LogP contribution in [0.3, 0.4) is 0 Å². The third-order valence-corrected chi connectivity index (χ3v) is 1.02. The molecule has 129 valence electrons. The third kappa shape index (κ3) is 45.1. The molecule has 9 nitrogen and oxygen atoms in total. The number of aliphatic carboxylic acids is 3. The topological polar surface area (TPSA) is 181 Å². The van der Waals surface area contributed by atoms with Gasteiger partial charge in [-0.25, -0.2) is 0 Å². The van der Waals surface area contributed by atoms with E-state index in [0.717, 1.165) is 20.8 Å². The molecule has 0 aliphatic rings. The van der Waals surface area contributed by atoms with Gasteiger partial charge in [-0.3, -0.25) is 0 Å². The van der Waals surface area contributed by atoms with Crippen molar-refractivity contribution < 1.29 is 95.4 Å². The zero-order valence-corrected chi connectivity index (χ0v) is 14.1. The Morgan fingerprint density at radius 3 is 0.667 bits per heavy atom. The van der Waals surface area contributed by atoms with Crippen LogP contribution in [0.2, 0.25) is 0 Å². The first kappa shape index (κ1) is 37.2. The molecule has 3 N–H and O–H groups in total. The Kier molecular flexibility index (Phi) is 39.2. The predicted molar refractivity (Wildman–Crippen MR) is 50.1 cm³/mol. The van der Waals surface area contributed by atoms with Crippen LogP contribution in [0, 0.1) is 0 Å². The predicted octanol–water partition coefficient (Wildman–Crippen LogP) is -5.66. The quantitative estimate of drug-likeness (QED) is 0.382. The fraction of sp³-hybridized carbons (Fsp3) is 0.667. The van der Waals surface area contributed by atoms with Crippen molar-refractivity contribution in [3.63, 3.8) is 0 Å². The zero-order chi connectivity index (χ0) is 15.5. The smallest absolute Gasteiger partial charge is 0.547 e. The van der Waals surface area contributed by atoms with Gasteiger partial charge >= 0.3 is 50.3 Å². The molecule has 3 atom stereocenters. The van der Waals surface area contributed by atoms with Gasteiger partial charge in [0.2, 0.25) is 0 Å². The van der Waals surface area contributed by atoms with Gasteiger partial charge in [-0.1, -0.05) is 0 Å². The van der Waals surface area contributed by atoms with Crippen LogP contribution < -0.4 is 15.3 Å². The van der Waals surface area contributed by atoms with E-state index in [1.165, 1.54) is 0 Å². The van der Waals surface area contributed by atoms with Crippen molar-refractivity contribution in [1.29, 1.82) is 0 Å². The van der Waals surface area contributed by atoms with E-state index in [1.54, 1.807) is 0 Å². The minimum atomic E-state index is -1.44. The van der Waals surface area contributed by atoms with Gasteiger partial charge in [0.15, 0.2) is 0 Å².